The lowest BCUT2D eigenvalue weighted by Crippen LogP contribution is -1.98. The molecule has 0 unspecified atom stereocenters. The third kappa shape index (κ3) is 1.92. The van der Waals surface area contributed by atoms with E-state index in [2.05, 4.69) is 20.3 Å². The Hall–Kier alpha value is -2.02. The van der Waals surface area contributed by atoms with E-state index in [9.17, 15) is 0 Å². The van der Waals surface area contributed by atoms with Crippen LogP contribution in [0.25, 0.3) is 11.0 Å². The molecular weight excluding hydrogens is 248 g/mol. The molecule has 0 aliphatic carbocycles. The van der Waals surface area contributed by atoms with Crippen molar-refractivity contribution >= 4 is 28.5 Å². The van der Waals surface area contributed by atoms with E-state index in [4.69, 9.17) is 5.73 Å². The molecule has 0 saturated heterocycles. The summed E-state index contributed by atoms with van der Waals surface area (Å²) in [5.74, 6) is 0. The standard InChI is InChI=1S/C11H12N6S/c1-2-17-10(6-13-16-17)18-11-14-8-4-3-7(12)5-9(8)15-11/h3-6H,2,12H2,1H3,(H,14,15). The largest absolute Gasteiger partial charge is 0.399 e. The number of fused-ring (bicyclic) bond motifs is 1. The molecule has 2 aromatic heterocycles. The van der Waals surface area contributed by atoms with Gasteiger partial charge in [-0.05, 0) is 36.9 Å². The van der Waals surface area contributed by atoms with Gasteiger partial charge in [-0.15, -0.1) is 5.10 Å². The summed E-state index contributed by atoms with van der Waals surface area (Å²) in [6, 6.07) is 5.62. The number of nitrogens with two attached hydrogens (primary N) is 1. The fourth-order valence-corrected chi connectivity index (χ4v) is 2.57. The van der Waals surface area contributed by atoms with Gasteiger partial charge in [-0.2, -0.15) is 0 Å². The van der Waals surface area contributed by atoms with Crippen LogP contribution in [-0.4, -0.2) is 25.0 Å². The van der Waals surface area contributed by atoms with Gasteiger partial charge in [0.2, 0.25) is 0 Å². The second-order valence-corrected chi connectivity index (χ2v) is 4.82. The summed E-state index contributed by atoms with van der Waals surface area (Å²) in [5, 5.41) is 9.65. The molecule has 2 heterocycles. The molecule has 6 nitrogen and oxygen atoms in total. The zero-order valence-corrected chi connectivity index (χ0v) is 10.6. The van der Waals surface area contributed by atoms with Crippen LogP contribution in [-0.2, 0) is 6.54 Å². The number of aryl methyl sites for hydroxylation is 1. The summed E-state index contributed by atoms with van der Waals surface area (Å²) in [6.07, 6.45) is 1.73. The topological polar surface area (TPSA) is 85.4 Å². The number of anilines is 1. The normalized spacial score (nSPS) is 11.2. The van der Waals surface area contributed by atoms with Crippen molar-refractivity contribution in [1.82, 2.24) is 25.0 Å². The molecule has 0 saturated carbocycles. The van der Waals surface area contributed by atoms with Crippen LogP contribution < -0.4 is 5.73 Å². The van der Waals surface area contributed by atoms with E-state index in [0.717, 1.165) is 33.4 Å². The van der Waals surface area contributed by atoms with Crippen LogP contribution >= 0.6 is 11.8 Å². The Balaban J connectivity index is 1.95. The first kappa shape index (κ1) is 11.1. The van der Waals surface area contributed by atoms with Gasteiger partial charge >= 0.3 is 0 Å². The average Bonchev–Trinajstić information content (AvgIpc) is 2.94. The minimum atomic E-state index is 0.725. The maximum atomic E-state index is 5.74. The van der Waals surface area contributed by atoms with Crippen LogP contribution in [0.1, 0.15) is 6.92 Å². The number of aromatic nitrogens is 5. The van der Waals surface area contributed by atoms with Crippen molar-refractivity contribution in [3.05, 3.63) is 24.4 Å². The summed E-state index contributed by atoms with van der Waals surface area (Å²) in [7, 11) is 0. The van der Waals surface area contributed by atoms with Gasteiger partial charge in [0.05, 0.1) is 17.2 Å². The van der Waals surface area contributed by atoms with Crippen LogP contribution in [0.3, 0.4) is 0 Å². The zero-order valence-electron chi connectivity index (χ0n) is 9.79. The monoisotopic (exact) mass is 260 g/mol. The van der Waals surface area contributed by atoms with E-state index in [1.54, 1.807) is 6.20 Å². The Bertz CT molecular complexity index is 686. The Labute approximate surface area is 108 Å². The van der Waals surface area contributed by atoms with Crippen LogP contribution in [0, 0.1) is 0 Å². The molecule has 0 atom stereocenters. The molecule has 3 N–H and O–H groups in total. The molecule has 7 heteroatoms. The van der Waals surface area contributed by atoms with Gasteiger partial charge in [-0.3, -0.25) is 0 Å². The number of aromatic amines is 1. The van der Waals surface area contributed by atoms with Gasteiger partial charge in [-0.1, -0.05) is 5.21 Å². The first-order valence-corrected chi connectivity index (χ1v) is 6.39. The van der Waals surface area contributed by atoms with Gasteiger partial charge in [0.25, 0.3) is 0 Å². The number of H-pyrrole nitrogens is 1. The lowest BCUT2D eigenvalue weighted by Gasteiger charge is -1.98. The fourth-order valence-electron chi connectivity index (χ4n) is 1.70. The molecule has 0 fully saturated rings. The van der Waals surface area contributed by atoms with Gasteiger partial charge in [-0.25, -0.2) is 9.67 Å². The molecule has 0 aliphatic heterocycles. The first-order chi connectivity index (χ1) is 8.76. The highest BCUT2D eigenvalue weighted by atomic mass is 32.2. The lowest BCUT2D eigenvalue weighted by atomic mass is 10.3. The Kier molecular flexibility index (Phi) is 2.67. The van der Waals surface area contributed by atoms with Crippen molar-refractivity contribution in [3.8, 4) is 0 Å². The second kappa shape index (κ2) is 4.34. The van der Waals surface area contributed by atoms with Crippen molar-refractivity contribution in [2.24, 2.45) is 0 Å². The SMILES string of the molecule is CCn1nncc1Sc1nc2ccc(N)cc2[nH]1. The number of hydrogen-bond acceptors (Lipinski definition) is 5. The van der Waals surface area contributed by atoms with Crippen molar-refractivity contribution in [2.75, 3.05) is 5.73 Å². The Morgan fingerprint density at radius 2 is 2.33 bits per heavy atom. The maximum Gasteiger partial charge on any atom is 0.172 e. The fraction of sp³-hybridized carbons (Fsp3) is 0.182. The Morgan fingerprint density at radius 3 is 3.17 bits per heavy atom. The molecule has 0 amide bonds. The number of nitrogens with one attached hydrogen (secondary N) is 1. The third-order valence-corrected chi connectivity index (χ3v) is 3.48. The van der Waals surface area contributed by atoms with Crippen LogP contribution in [0.5, 0.6) is 0 Å². The molecule has 18 heavy (non-hydrogen) atoms. The summed E-state index contributed by atoms with van der Waals surface area (Å²) < 4.78 is 1.83. The Morgan fingerprint density at radius 1 is 1.44 bits per heavy atom. The van der Waals surface area contributed by atoms with Crippen LogP contribution in [0.15, 0.2) is 34.6 Å². The molecule has 0 bridgehead atoms. The molecule has 0 spiro atoms. The van der Waals surface area contributed by atoms with Crippen molar-refractivity contribution < 1.29 is 0 Å². The minimum absolute atomic E-state index is 0.725. The van der Waals surface area contributed by atoms with Crippen molar-refractivity contribution in [2.45, 2.75) is 23.7 Å². The van der Waals surface area contributed by atoms with E-state index in [-0.39, 0.29) is 0 Å². The average molecular weight is 260 g/mol. The molecule has 0 aliphatic rings. The number of nitrogens with zero attached hydrogens (tertiary/aromatic N) is 4. The first-order valence-electron chi connectivity index (χ1n) is 5.58. The zero-order chi connectivity index (χ0) is 12.5. The van der Waals surface area contributed by atoms with Gasteiger partial charge in [0.15, 0.2) is 5.16 Å². The van der Waals surface area contributed by atoms with Crippen LogP contribution in [0.4, 0.5) is 5.69 Å². The smallest absolute Gasteiger partial charge is 0.172 e. The van der Waals surface area contributed by atoms with Gasteiger partial charge in [0, 0.05) is 12.2 Å². The summed E-state index contributed by atoms with van der Waals surface area (Å²) >= 11 is 1.51. The van der Waals surface area contributed by atoms with E-state index < -0.39 is 0 Å². The number of nitrogen functional groups attached to an aromatic ring is 1. The van der Waals surface area contributed by atoms with Gasteiger partial charge < -0.3 is 10.7 Å². The summed E-state index contributed by atoms with van der Waals surface area (Å²) in [6.45, 7) is 2.81. The molecular formula is C11H12N6S. The van der Waals surface area contributed by atoms with E-state index in [0.29, 0.717) is 0 Å². The minimum Gasteiger partial charge on any atom is -0.399 e. The predicted octanol–water partition coefficient (Wildman–Crippen LogP) is 1.91. The number of hydrogen-bond donors (Lipinski definition) is 2. The quantitative estimate of drug-likeness (QED) is 0.702. The van der Waals surface area contributed by atoms with E-state index in [1.807, 2.05) is 29.8 Å². The molecule has 3 rings (SSSR count). The lowest BCUT2D eigenvalue weighted by molar-refractivity contribution is 0.582. The third-order valence-electron chi connectivity index (χ3n) is 2.57. The van der Waals surface area contributed by atoms with E-state index >= 15 is 0 Å². The molecule has 92 valence electrons. The van der Waals surface area contributed by atoms with Crippen molar-refractivity contribution in [3.63, 3.8) is 0 Å². The predicted molar refractivity (Wildman–Crippen MR) is 70.3 cm³/mol. The van der Waals surface area contributed by atoms with Crippen molar-refractivity contribution in [1.29, 1.82) is 0 Å². The molecule has 3 aromatic rings. The summed E-state index contributed by atoms with van der Waals surface area (Å²) in [5.41, 5.74) is 8.30. The number of rotatable bonds is 3. The second-order valence-electron chi connectivity index (χ2n) is 3.81. The van der Waals surface area contributed by atoms with Crippen LogP contribution in [0.2, 0.25) is 0 Å². The number of benzene rings is 1. The number of imidazole rings is 1. The highest BCUT2D eigenvalue weighted by molar-refractivity contribution is 7.99. The highest BCUT2D eigenvalue weighted by Gasteiger charge is 2.08. The van der Waals surface area contributed by atoms with E-state index in [1.165, 1.54) is 11.8 Å². The molecule has 0 radical (unpaired) electrons. The molecule has 1 aromatic carbocycles. The maximum absolute atomic E-state index is 5.74. The van der Waals surface area contributed by atoms with Gasteiger partial charge in [0.1, 0.15) is 5.03 Å². The highest BCUT2D eigenvalue weighted by Crippen LogP contribution is 2.26. The summed E-state index contributed by atoms with van der Waals surface area (Å²) in [4.78, 5) is 7.72.